The minimum absolute atomic E-state index is 0.0548. The van der Waals surface area contributed by atoms with Crippen LogP contribution in [0.25, 0.3) is 21.8 Å². The second-order valence-electron chi connectivity index (χ2n) is 15.4. The summed E-state index contributed by atoms with van der Waals surface area (Å²) < 4.78 is 5.39. The van der Waals surface area contributed by atoms with E-state index in [-0.39, 0.29) is 40.4 Å². The summed E-state index contributed by atoms with van der Waals surface area (Å²) in [5.74, 6) is 9.53. The third-order valence-electron chi connectivity index (χ3n) is 10.6. The number of aromatic nitrogens is 6. The first-order valence-electron chi connectivity index (χ1n) is 20.9. The molecule has 3 unspecified atom stereocenters. The van der Waals surface area contributed by atoms with Crippen molar-refractivity contribution in [2.75, 3.05) is 5.73 Å². The summed E-state index contributed by atoms with van der Waals surface area (Å²) in [6.45, 7) is 6.16. The molecule has 7 heterocycles. The summed E-state index contributed by atoms with van der Waals surface area (Å²) in [7, 11) is 0. The lowest BCUT2D eigenvalue weighted by Gasteiger charge is -2.09. The van der Waals surface area contributed by atoms with Crippen LogP contribution in [0.1, 0.15) is 97.5 Å². The highest BCUT2D eigenvalue weighted by molar-refractivity contribution is 9.10. The van der Waals surface area contributed by atoms with Crippen molar-refractivity contribution in [3.63, 3.8) is 0 Å². The van der Waals surface area contributed by atoms with Crippen LogP contribution in [0, 0.1) is 24.2 Å². The van der Waals surface area contributed by atoms with Crippen LogP contribution in [-0.2, 0) is 17.6 Å². The molecule has 3 aliphatic heterocycles. The number of rotatable bonds is 1. The molecule has 4 aromatic heterocycles. The Kier molecular flexibility index (Phi) is 16.2. The number of carboxylic acid groups (broad SMARTS) is 1. The number of halogens is 2. The van der Waals surface area contributed by atoms with Gasteiger partial charge >= 0.3 is 5.97 Å². The van der Waals surface area contributed by atoms with Crippen molar-refractivity contribution >= 4 is 71.2 Å². The molecule has 65 heavy (non-hydrogen) atoms. The molecule has 15 heteroatoms. The molecule has 330 valence electrons. The molecule has 13 nitrogen and oxygen atoms in total. The minimum Gasteiger partial charge on any atom is -0.478 e. The fourth-order valence-electron chi connectivity index (χ4n) is 7.25. The van der Waals surface area contributed by atoms with Crippen molar-refractivity contribution < 1.29 is 14.7 Å². The number of hydrogen-bond donors (Lipinski definition) is 3. The number of aryl methyl sites for hydroxylation is 2. The number of anilines is 1. The molecule has 4 N–H and O–H groups in total. The predicted octanol–water partition coefficient (Wildman–Crippen LogP) is 8.44. The molecule has 0 radical (unpaired) electrons. The fraction of sp³-hybridized carbons (Fsp3) is 0.240. The molecular weight excluding hydrogens is 952 g/mol. The van der Waals surface area contributed by atoms with E-state index in [0.29, 0.717) is 22.5 Å². The number of pyridine rings is 2. The largest absolute Gasteiger partial charge is 0.478 e. The Balaban J connectivity index is 0.000000145. The van der Waals surface area contributed by atoms with Crippen LogP contribution in [0.15, 0.2) is 122 Å². The third-order valence-corrected chi connectivity index (χ3v) is 11.6. The number of carboxylic acids is 1. The first-order valence-corrected chi connectivity index (χ1v) is 22.4. The van der Waals surface area contributed by atoms with Crippen molar-refractivity contribution in [3.8, 4) is 24.2 Å². The zero-order chi connectivity index (χ0) is 46.6. The third kappa shape index (κ3) is 12.4. The summed E-state index contributed by atoms with van der Waals surface area (Å²) in [5.41, 5.74) is 9.73. The quantitative estimate of drug-likeness (QED) is 0.106. The number of terminal acetylenes is 1. The molecule has 3 aromatic carbocycles. The molecule has 1 saturated heterocycles. The van der Waals surface area contributed by atoms with Crippen LogP contribution in [0.3, 0.4) is 0 Å². The Labute approximate surface area is 392 Å². The van der Waals surface area contributed by atoms with Crippen molar-refractivity contribution in [2.24, 2.45) is 0 Å². The predicted molar refractivity (Wildman–Crippen MR) is 261 cm³/mol. The number of carbonyl (C=O) groups is 2. The summed E-state index contributed by atoms with van der Waals surface area (Å²) in [6.07, 6.45) is 13.9. The molecule has 1 fully saturated rings. The van der Waals surface area contributed by atoms with Gasteiger partial charge in [0.25, 0.3) is 11.1 Å². The van der Waals surface area contributed by atoms with Crippen LogP contribution < -0.4 is 22.2 Å². The van der Waals surface area contributed by atoms with Crippen LogP contribution >= 0.6 is 31.9 Å². The SMILES string of the molecule is C#Cc1ccccn1.CC1CCC(=O)N1.CC1CCc2nc3cc(Br)ccc3c(=O)n21.CC1CCc2nc3cc(C#Cc4ccccn4)ccc3c(=O)n21.Nc1cc(Br)ccc1C(=O)O. The van der Waals surface area contributed by atoms with E-state index in [4.69, 9.17) is 17.3 Å². The first-order chi connectivity index (χ1) is 31.2. The number of hydrogen-bond acceptors (Lipinski definition) is 9. The molecule has 1 amide bonds. The van der Waals surface area contributed by atoms with Crippen molar-refractivity contribution in [1.82, 2.24) is 34.4 Å². The highest BCUT2D eigenvalue weighted by Gasteiger charge is 2.23. The number of nitrogens with zero attached hydrogens (tertiary/aromatic N) is 6. The van der Waals surface area contributed by atoms with E-state index < -0.39 is 5.97 Å². The van der Waals surface area contributed by atoms with Crippen LogP contribution in [0.2, 0.25) is 0 Å². The lowest BCUT2D eigenvalue weighted by atomic mass is 10.1. The van der Waals surface area contributed by atoms with E-state index in [0.717, 1.165) is 81.4 Å². The van der Waals surface area contributed by atoms with Gasteiger partial charge in [-0.3, -0.25) is 23.5 Å². The normalized spacial score (nSPS) is 16.2. The van der Waals surface area contributed by atoms with Crippen LogP contribution in [0.4, 0.5) is 5.69 Å². The molecule has 0 bridgehead atoms. The zero-order valence-corrected chi connectivity index (χ0v) is 39.1. The molecular formula is C50H46Br2N8O5. The van der Waals surface area contributed by atoms with Gasteiger partial charge in [-0.25, -0.2) is 24.7 Å². The summed E-state index contributed by atoms with van der Waals surface area (Å²) in [4.78, 5) is 62.9. The van der Waals surface area contributed by atoms with Gasteiger partial charge in [0.15, 0.2) is 0 Å². The number of fused-ring (bicyclic) bond motifs is 4. The number of amides is 1. The zero-order valence-electron chi connectivity index (χ0n) is 36.0. The van der Waals surface area contributed by atoms with Crippen molar-refractivity contribution in [2.45, 2.75) is 77.4 Å². The average Bonchev–Trinajstić information content (AvgIpc) is 4.00. The highest BCUT2D eigenvalue weighted by atomic mass is 79.9. The molecule has 3 atom stereocenters. The fourth-order valence-corrected chi connectivity index (χ4v) is 7.98. The number of carbonyl (C=O) groups excluding carboxylic acids is 1. The van der Waals surface area contributed by atoms with Crippen molar-refractivity contribution in [1.29, 1.82) is 0 Å². The average molecular weight is 999 g/mol. The maximum Gasteiger partial charge on any atom is 0.337 e. The monoisotopic (exact) mass is 996 g/mol. The van der Waals surface area contributed by atoms with E-state index in [2.05, 4.69) is 88.7 Å². The number of nitrogens with two attached hydrogens (primary N) is 1. The number of benzene rings is 3. The lowest BCUT2D eigenvalue weighted by Crippen LogP contribution is -2.23. The van der Waals surface area contributed by atoms with E-state index >= 15 is 0 Å². The van der Waals surface area contributed by atoms with Gasteiger partial charge in [0, 0.05) is 70.0 Å². The van der Waals surface area contributed by atoms with Gasteiger partial charge in [-0.1, -0.05) is 55.8 Å². The van der Waals surface area contributed by atoms with E-state index in [1.807, 2.05) is 82.8 Å². The molecule has 0 aliphatic carbocycles. The van der Waals surface area contributed by atoms with Gasteiger partial charge in [-0.15, -0.1) is 6.42 Å². The highest BCUT2D eigenvalue weighted by Crippen LogP contribution is 2.25. The Hall–Kier alpha value is -6.94. The number of nitrogen functional groups attached to an aromatic ring is 1. The Morgan fingerprint density at radius 1 is 0.723 bits per heavy atom. The number of aromatic carboxylic acids is 1. The summed E-state index contributed by atoms with van der Waals surface area (Å²) in [5, 5.41) is 12.7. The summed E-state index contributed by atoms with van der Waals surface area (Å²) in [6, 6.07) is 27.9. The van der Waals surface area contributed by atoms with Crippen LogP contribution in [0.5, 0.6) is 0 Å². The Bertz CT molecular complexity index is 3090. The number of nitrogens with one attached hydrogen (secondary N) is 1. The van der Waals surface area contributed by atoms with Gasteiger partial charge in [-0.05, 0) is 125 Å². The standard InChI is InChI=1S/C19H15N3O.C12H11BrN2O.C7H6BrNO2.C7H5N.C5H9NO/c1-13-5-10-18-21-17-12-14(6-8-15-4-2-3-11-20-15)7-9-16(17)19(23)22(13)18;1-7-2-5-11-14-10-6-8(13)3-4-9(10)12(16)15(7)11;8-4-1-2-5(7(10)11)6(9)3-4;1-2-7-5-3-4-6-8-7;1-4-2-3-5(7)6-4/h2-4,7,9,11-13H,5,10H2,1H3;3-4,6-7H,2,5H2,1H3;1-3H,9H2,(H,10,11);1,3-6H;4H,2-3H2,1H3,(H,6,7). The Morgan fingerprint density at radius 2 is 1.28 bits per heavy atom. The second kappa shape index (κ2) is 22.1. The second-order valence-corrected chi connectivity index (χ2v) is 17.3. The van der Waals surface area contributed by atoms with E-state index in [9.17, 15) is 19.2 Å². The van der Waals surface area contributed by atoms with Gasteiger partial charge in [0.05, 0.1) is 27.4 Å². The maximum atomic E-state index is 12.6. The smallest absolute Gasteiger partial charge is 0.337 e. The topological polar surface area (TPSA) is 188 Å². The van der Waals surface area contributed by atoms with Gasteiger partial charge in [0.2, 0.25) is 5.91 Å². The summed E-state index contributed by atoms with van der Waals surface area (Å²) >= 11 is 6.57. The van der Waals surface area contributed by atoms with E-state index in [1.54, 1.807) is 30.6 Å². The maximum absolute atomic E-state index is 12.6. The van der Waals surface area contributed by atoms with Crippen LogP contribution in [-0.4, -0.2) is 52.1 Å². The lowest BCUT2D eigenvalue weighted by molar-refractivity contribution is -0.119. The molecule has 10 rings (SSSR count). The van der Waals surface area contributed by atoms with Gasteiger partial charge < -0.3 is 16.2 Å². The molecule has 7 aromatic rings. The van der Waals surface area contributed by atoms with E-state index in [1.165, 1.54) is 6.07 Å². The van der Waals surface area contributed by atoms with Crippen molar-refractivity contribution in [3.05, 3.63) is 167 Å². The molecule has 3 aliphatic rings. The minimum atomic E-state index is -1.00. The van der Waals surface area contributed by atoms with Gasteiger partial charge in [0.1, 0.15) is 23.0 Å². The molecule has 0 saturated carbocycles. The molecule has 0 spiro atoms. The first kappa shape index (κ1) is 47.5. The van der Waals surface area contributed by atoms with Gasteiger partial charge in [-0.2, -0.15) is 0 Å². The Morgan fingerprint density at radius 3 is 1.75 bits per heavy atom.